The highest BCUT2D eigenvalue weighted by molar-refractivity contribution is 5.81. The second-order valence-corrected chi connectivity index (χ2v) is 20.6. The molecule has 5 saturated carbocycles. The van der Waals surface area contributed by atoms with E-state index >= 15 is 0 Å². The van der Waals surface area contributed by atoms with Crippen LogP contribution in [0.2, 0.25) is 0 Å². The predicted octanol–water partition coefficient (Wildman–Crippen LogP) is 10.0. The van der Waals surface area contributed by atoms with Crippen molar-refractivity contribution in [2.75, 3.05) is 0 Å². The van der Waals surface area contributed by atoms with Gasteiger partial charge in [0.15, 0.2) is 0 Å². The summed E-state index contributed by atoms with van der Waals surface area (Å²) in [6.07, 6.45) is 10.3. The van der Waals surface area contributed by atoms with Crippen LogP contribution in [0.1, 0.15) is 145 Å². The molecule has 288 valence electrons. The minimum atomic E-state index is -1.15. The van der Waals surface area contributed by atoms with E-state index in [-0.39, 0.29) is 45.8 Å². The van der Waals surface area contributed by atoms with Crippen molar-refractivity contribution in [2.45, 2.75) is 157 Å². The molecular weight excluding hydrogens is 649 g/mol. The number of hydrogen-bond acceptors (Lipinski definition) is 4. The summed E-state index contributed by atoms with van der Waals surface area (Å²) >= 11 is 0. The zero-order valence-electron chi connectivity index (χ0n) is 33.9. The van der Waals surface area contributed by atoms with E-state index in [1.54, 1.807) is 13.8 Å². The van der Waals surface area contributed by atoms with Crippen LogP contribution in [-0.4, -0.2) is 34.7 Å². The molecular formula is C45H68N2O5. The van der Waals surface area contributed by atoms with Crippen LogP contribution in [0, 0.1) is 56.7 Å². The molecule has 0 radical (unpaired) electrons. The number of benzene rings is 1. The number of allylic oxidation sites excluding steroid dienone is 1. The Kier molecular flexibility index (Phi) is 9.64. The van der Waals surface area contributed by atoms with E-state index in [1.807, 2.05) is 18.2 Å². The Labute approximate surface area is 313 Å². The number of carbonyl (C=O) groups is 3. The molecule has 0 heterocycles. The van der Waals surface area contributed by atoms with Gasteiger partial charge in [0, 0.05) is 11.0 Å². The Balaban J connectivity index is 1.24. The third-order valence-electron chi connectivity index (χ3n) is 16.7. The van der Waals surface area contributed by atoms with E-state index in [4.69, 9.17) is 4.74 Å². The molecule has 0 spiro atoms. The number of rotatable bonds is 8. The number of hydrogen-bond donors (Lipinski definition) is 3. The molecule has 1 aromatic carbocycles. The smallest absolute Gasteiger partial charge is 0.315 e. The molecule has 5 fully saturated rings. The van der Waals surface area contributed by atoms with Crippen LogP contribution in [0.15, 0.2) is 42.5 Å². The summed E-state index contributed by atoms with van der Waals surface area (Å²) in [5.41, 5.74) is 0.655. The second-order valence-electron chi connectivity index (χ2n) is 20.6. The lowest BCUT2D eigenvalue weighted by Gasteiger charge is -2.73. The zero-order valence-corrected chi connectivity index (χ0v) is 33.9. The van der Waals surface area contributed by atoms with Gasteiger partial charge < -0.3 is 20.5 Å². The van der Waals surface area contributed by atoms with Crippen LogP contribution >= 0.6 is 0 Å². The average molecular weight is 717 g/mol. The molecule has 0 aliphatic heterocycles. The van der Waals surface area contributed by atoms with Crippen molar-refractivity contribution in [1.29, 1.82) is 0 Å². The number of amides is 2. The summed E-state index contributed by atoms with van der Waals surface area (Å²) < 4.78 is 6.18. The number of nitrogens with one attached hydrogen (secondary N) is 2. The first-order valence-corrected chi connectivity index (χ1v) is 20.3. The average Bonchev–Trinajstić information content (AvgIpc) is 3.42. The Bertz CT molecular complexity index is 1580. The van der Waals surface area contributed by atoms with Crippen LogP contribution in [0.25, 0.3) is 0 Å². The Morgan fingerprint density at radius 2 is 1.52 bits per heavy atom. The summed E-state index contributed by atoms with van der Waals surface area (Å²) in [4.78, 5) is 38.8. The van der Waals surface area contributed by atoms with Crippen molar-refractivity contribution in [3.8, 4) is 0 Å². The van der Waals surface area contributed by atoms with Gasteiger partial charge in [-0.3, -0.25) is 9.59 Å². The highest BCUT2D eigenvalue weighted by Gasteiger charge is 2.71. The summed E-state index contributed by atoms with van der Waals surface area (Å²) in [6.45, 7) is 26.5. The van der Waals surface area contributed by atoms with Gasteiger partial charge in [0.1, 0.15) is 6.10 Å². The third-order valence-corrected chi connectivity index (χ3v) is 16.7. The van der Waals surface area contributed by atoms with Crippen molar-refractivity contribution < 1.29 is 24.2 Å². The lowest BCUT2D eigenvalue weighted by Crippen LogP contribution is -2.69. The maximum absolute atomic E-state index is 14.0. The van der Waals surface area contributed by atoms with E-state index in [1.165, 1.54) is 12.0 Å². The first kappa shape index (κ1) is 38.9. The molecule has 0 unspecified atom stereocenters. The van der Waals surface area contributed by atoms with E-state index in [0.29, 0.717) is 29.6 Å². The number of ether oxygens (including phenoxy) is 1. The minimum absolute atomic E-state index is 0.0658. The number of aliphatic carboxylic acids is 1. The lowest BCUT2D eigenvalue weighted by molar-refractivity contribution is -0.246. The number of fused-ring (bicyclic) bond motifs is 7. The van der Waals surface area contributed by atoms with E-state index in [9.17, 15) is 19.5 Å². The van der Waals surface area contributed by atoms with Gasteiger partial charge in [-0.15, -0.1) is 0 Å². The highest BCUT2D eigenvalue weighted by Crippen LogP contribution is 2.76. The van der Waals surface area contributed by atoms with Gasteiger partial charge in [-0.05, 0) is 150 Å². The molecule has 0 aromatic heterocycles. The molecule has 7 nitrogen and oxygen atoms in total. The van der Waals surface area contributed by atoms with Crippen molar-refractivity contribution in [1.82, 2.24) is 10.6 Å². The molecule has 52 heavy (non-hydrogen) atoms. The van der Waals surface area contributed by atoms with Gasteiger partial charge in [-0.2, -0.15) is 0 Å². The zero-order chi connectivity index (χ0) is 38.3. The van der Waals surface area contributed by atoms with Crippen molar-refractivity contribution >= 4 is 18.0 Å². The molecule has 10 atom stereocenters. The van der Waals surface area contributed by atoms with Crippen LogP contribution in [-0.2, 0) is 19.9 Å². The van der Waals surface area contributed by atoms with Crippen LogP contribution in [0.5, 0.6) is 0 Å². The maximum Gasteiger partial charge on any atom is 0.315 e. The predicted molar refractivity (Wildman–Crippen MR) is 206 cm³/mol. The number of carbonyl (C=O) groups excluding carboxylic acids is 2. The third kappa shape index (κ3) is 6.03. The summed E-state index contributed by atoms with van der Waals surface area (Å²) in [6, 6.07) is 10.2. The normalized spacial score (nSPS) is 39.5. The molecule has 5 aliphatic carbocycles. The van der Waals surface area contributed by atoms with Crippen LogP contribution in [0.4, 0.5) is 4.79 Å². The number of carboxylic acid groups (broad SMARTS) is 1. The van der Waals surface area contributed by atoms with Crippen molar-refractivity contribution in [3.63, 3.8) is 0 Å². The fourth-order valence-corrected chi connectivity index (χ4v) is 13.7. The first-order valence-electron chi connectivity index (χ1n) is 20.3. The number of carboxylic acids is 1. The minimum Gasteiger partial charge on any atom is -0.481 e. The molecule has 1 aromatic rings. The highest BCUT2D eigenvalue weighted by atomic mass is 16.5. The summed E-state index contributed by atoms with van der Waals surface area (Å²) in [7, 11) is 0. The Hall–Kier alpha value is -2.83. The van der Waals surface area contributed by atoms with Gasteiger partial charge in [0.05, 0.1) is 17.4 Å². The number of urea groups is 1. The van der Waals surface area contributed by atoms with E-state index < -0.39 is 22.9 Å². The van der Waals surface area contributed by atoms with Crippen molar-refractivity contribution in [3.05, 3.63) is 48.0 Å². The molecule has 0 saturated heterocycles. The fraction of sp³-hybridized carbons (Fsp3) is 0.756. The largest absolute Gasteiger partial charge is 0.481 e. The topological polar surface area (TPSA) is 105 Å². The van der Waals surface area contributed by atoms with Crippen molar-refractivity contribution in [2.24, 2.45) is 56.7 Å². The van der Waals surface area contributed by atoms with E-state index in [2.05, 4.69) is 84.7 Å². The summed E-state index contributed by atoms with van der Waals surface area (Å²) in [5, 5.41) is 16.6. The standard InChI is InChI=1S/C45H68N2O5/c1-28(2)30-19-24-45(47-38(51)46-41(7,8)29-15-13-12-14-16-29)26-25-43(10)31(36(30)45)17-18-33-42(9)22-21-34(52-35(48)27-39(3,4)37(49)50)40(5,6)32(42)20-23-44(33,43)11/h12-16,30-34,36H,1,17-27H2,2-11H3,(H,49,50)(H2,46,47,51)/t30-,31+,32-,33+,34-,36+,42-,43+,44+,45-/m0/s1. The number of esters is 1. The first-order chi connectivity index (χ1) is 24.0. The fourth-order valence-electron chi connectivity index (χ4n) is 13.7. The quantitative estimate of drug-likeness (QED) is 0.184. The maximum atomic E-state index is 14.0. The van der Waals surface area contributed by atoms with Gasteiger partial charge >= 0.3 is 18.0 Å². The molecule has 5 aliphatic rings. The van der Waals surface area contributed by atoms with Crippen LogP contribution < -0.4 is 10.6 Å². The Morgan fingerprint density at radius 1 is 0.846 bits per heavy atom. The van der Waals surface area contributed by atoms with Crippen LogP contribution in [0.3, 0.4) is 0 Å². The Morgan fingerprint density at radius 3 is 2.15 bits per heavy atom. The molecule has 6 rings (SSSR count). The summed E-state index contributed by atoms with van der Waals surface area (Å²) in [5.74, 6) is 0.845. The van der Waals surface area contributed by atoms with Gasteiger partial charge in [0.2, 0.25) is 0 Å². The monoisotopic (exact) mass is 717 g/mol. The van der Waals surface area contributed by atoms with Gasteiger partial charge in [-0.25, -0.2) is 4.79 Å². The van der Waals surface area contributed by atoms with E-state index in [0.717, 1.165) is 63.4 Å². The molecule has 3 N–H and O–H groups in total. The molecule has 0 bridgehead atoms. The second kappa shape index (κ2) is 12.9. The SMILES string of the molecule is C=C(C)[C@@H]1CC[C@]2(NC(=O)NC(C)(C)c3ccccc3)CC[C@]3(C)[C@H](CC[C@@H]4[C@@]5(C)CC[C@H](OC(=O)CC(C)(C)C(=O)O)C(C)(C)[C@@H]5CC[C@]43C)[C@@H]12. The lowest BCUT2D eigenvalue weighted by atomic mass is 9.32. The molecule has 7 heteroatoms. The van der Waals surface area contributed by atoms with Gasteiger partial charge in [-0.1, -0.05) is 77.1 Å². The molecule has 2 amide bonds. The van der Waals surface area contributed by atoms with Gasteiger partial charge in [0.25, 0.3) is 0 Å².